The minimum atomic E-state index is -0.468. The summed E-state index contributed by atoms with van der Waals surface area (Å²) >= 11 is 0. The van der Waals surface area contributed by atoms with Gasteiger partial charge in [0, 0.05) is 25.8 Å². The molecule has 2 aliphatic rings. The first-order valence-electron chi connectivity index (χ1n) is 8.40. The molecular weight excluding hydrogens is 311 g/mol. The lowest BCUT2D eigenvalue weighted by Gasteiger charge is -2.31. The predicted octanol–water partition coefficient (Wildman–Crippen LogP) is 2.25. The lowest BCUT2D eigenvalue weighted by Crippen LogP contribution is -2.45. The third kappa shape index (κ3) is 3.32. The summed E-state index contributed by atoms with van der Waals surface area (Å²) in [4.78, 5) is 36.7. The first kappa shape index (κ1) is 16.6. The van der Waals surface area contributed by atoms with Crippen LogP contribution >= 0.6 is 0 Å². The second-order valence-corrected chi connectivity index (χ2v) is 6.53. The number of hydrogen-bond acceptors (Lipinski definition) is 3. The molecule has 24 heavy (non-hydrogen) atoms. The van der Waals surface area contributed by atoms with Gasteiger partial charge in [-0.05, 0) is 30.5 Å². The third-order valence-electron chi connectivity index (χ3n) is 4.95. The SMILES string of the molecule is O=C(CCN1C(=O)CCC1=O)NC1(c2ccc(F)cc2)CCCC1. The third-order valence-corrected chi connectivity index (χ3v) is 4.95. The second kappa shape index (κ2) is 6.71. The first-order valence-corrected chi connectivity index (χ1v) is 8.40. The number of imide groups is 1. The lowest BCUT2D eigenvalue weighted by atomic mass is 9.88. The molecule has 1 aliphatic heterocycles. The molecule has 1 N–H and O–H groups in total. The number of nitrogens with zero attached hydrogens (tertiary/aromatic N) is 1. The molecule has 1 aromatic rings. The van der Waals surface area contributed by atoms with Crippen LogP contribution in [0.5, 0.6) is 0 Å². The Labute approximate surface area is 140 Å². The van der Waals surface area contributed by atoms with Crippen LogP contribution in [0, 0.1) is 5.82 Å². The van der Waals surface area contributed by atoms with Gasteiger partial charge in [0.2, 0.25) is 17.7 Å². The summed E-state index contributed by atoms with van der Waals surface area (Å²) in [7, 11) is 0. The maximum absolute atomic E-state index is 13.2. The molecule has 1 saturated heterocycles. The Bertz CT molecular complexity index is 635. The van der Waals surface area contributed by atoms with Crippen LogP contribution in [0.2, 0.25) is 0 Å². The van der Waals surface area contributed by atoms with E-state index in [0.717, 1.165) is 31.2 Å². The van der Waals surface area contributed by atoms with E-state index in [-0.39, 0.29) is 49.3 Å². The van der Waals surface area contributed by atoms with E-state index in [4.69, 9.17) is 0 Å². The molecule has 128 valence electrons. The van der Waals surface area contributed by atoms with Crippen LogP contribution in [0.15, 0.2) is 24.3 Å². The topological polar surface area (TPSA) is 66.5 Å². The van der Waals surface area contributed by atoms with Crippen molar-refractivity contribution in [2.45, 2.75) is 50.5 Å². The largest absolute Gasteiger partial charge is 0.347 e. The van der Waals surface area contributed by atoms with E-state index in [1.807, 2.05) is 0 Å². The molecule has 1 heterocycles. The van der Waals surface area contributed by atoms with Crippen molar-refractivity contribution in [3.63, 3.8) is 0 Å². The van der Waals surface area contributed by atoms with Crippen LogP contribution in [0.4, 0.5) is 4.39 Å². The highest BCUT2D eigenvalue weighted by atomic mass is 19.1. The van der Waals surface area contributed by atoms with E-state index in [2.05, 4.69) is 5.32 Å². The van der Waals surface area contributed by atoms with E-state index < -0.39 is 5.54 Å². The fraction of sp³-hybridized carbons (Fsp3) is 0.500. The molecule has 5 nitrogen and oxygen atoms in total. The zero-order valence-electron chi connectivity index (χ0n) is 13.5. The molecular formula is C18H21FN2O3. The van der Waals surface area contributed by atoms with Crippen molar-refractivity contribution in [2.24, 2.45) is 0 Å². The van der Waals surface area contributed by atoms with Gasteiger partial charge in [-0.25, -0.2) is 4.39 Å². The molecule has 0 bridgehead atoms. The van der Waals surface area contributed by atoms with Gasteiger partial charge in [-0.15, -0.1) is 0 Å². The highest BCUT2D eigenvalue weighted by Gasteiger charge is 2.37. The number of likely N-dealkylation sites (tertiary alicyclic amines) is 1. The van der Waals surface area contributed by atoms with Crippen molar-refractivity contribution < 1.29 is 18.8 Å². The van der Waals surface area contributed by atoms with Gasteiger partial charge < -0.3 is 5.32 Å². The van der Waals surface area contributed by atoms with E-state index in [1.165, 1.54) is 17.0 Å². The second-order valence-electron chi connectivity index (χ2n) is 6.53. The zero-order valence-corrected chi connectivity index (χ0v) is 13.5. The van der Waals surface area contributed by atoms with Crippen molar-refractivity contribution >= 4 is 17.7 Å². The molecule has 0 radical (unpaired) electrons. The quantitative estimate of drug-likeness (QED) is 0.841. The number of halogens is 1. The number of amides is 3. The number of hydrogen-bond donors (Lipinski definition) is 1. The fourth-order valence-corrected chi connectivity index (χ4v) is 3.65. The monoisotopic (exact) mass is 332 g/mol. The number of carbonyl (C=O) groups is 3. The van der Waals surface area contributed by atoms with Crippen LogP contribution in [0.25, 0.3) is 0 Å². The van der Waals surface area contributed by atoms with Crippen LogP contribution in [-0.2, 0) is 19.9 Å². The van der Waals surface area contributed by atoms with Crippen LogP contribution in [-0.4, -0.2) is 29.2 Å². The summed E-state index contributed by atoms with van der Waals surface area (Å²) in [5.41, 5.74) is 0.437. The Kier molecular flexibility index (Phi) is 4.64. The summed E-state index contributed by atoms with van der Waals surface area (Å²) in [5.74, 6) is -0.901. The Morgan fingerprint density at radius 2 is 1.67 bits per heavy atom. The minimum Gasteiger partial charge on any atom is -0.347 e. The van der Waals surface area contributed by atoms with Crippen LogP contribution in [0.3, 0.4) is 0 Å². The minimum absolute atomic E-state index is 0.0976. The Balaban J connectivity index is 1.65. The lowest BCUT2D eigenvalue weighted by molar-refractivity contribution is -0.138. The molecule has 0 spiro atoms. The van der Waals surface area contributed by atoms with Gasteiger partial charge in [0.25, 0.3) is 0 Å². The number of benzene rings is 1. The predicted molar refractivity (Wildman–Crippen MR) is 85.3 cm³/mol. The standard InChI is InChI=1S/C18H21FN2O3/c19-14-5-3-13(4-6-14)18(10-1-2-11-18)20-15(22)9-12-21-16(23)7-8-17(21)24/h3-6H,1-2,7-12H2,(H,20,22). The summed E-state index contributed by atoms with van der Waals surface area (Å²) in [6, 6.07) is 6.25. The summed E-state index contributed by atoms with van der Waals surface area (Å²) in [6.45, 7) is 0.128. The van der Waals surface area contributed by atoms with Crippen molar-refractivity contribution in [2.75, 3.05) is 6.54 Å². The Hall–Kier alpha value is -2.24. The Morgan fingerprint density at radius 3 is 2.25 bits per heavy atom. The number of carbonyl (C=O) groups excluding carboxylic acids is 3. The van der Waals surface area contributed by atoms with E-state index >= 15 is 0 Å². The maximum atomic E-state index is 13.2. The van der Waals surface area contributed by atoms with Crippen LogP contribution in [0.1, 0.15) is 50.5 Å². The van der Waals surface area contributed by atoms with Gasteiger partial charge in [0.15, 0.2) is 0 Å². The molecule has 3 rings (SSSR count). The highest BCUT2D eigenvalue weighted by molar-refractivity contribution is 6.02. The van der Waals surface area contributed by atoms with Crippen molar-refractivity contribution in [1.82, 2.24) is 10.2 Å². The van der Waals surface area contributed by atoms with E-state index in [9.17, 15) is 18.8 Å². The molecule has 1 aliphatic carbocycles. The average Bonchev–Trinajstić information content (AvgIpc) is 3.14. The van der Waals surface area contributed by atoms with Gasteiger partial charge in [0.1, 0.15) is 5.82 Å². The van der Waals surface area contributed by atoms with Gasteiger partial charge in [-0.1, -0.05) is 25.0 Å². The molecule has 2 fully saturated rings. The molecule has 0 unspecified atom stereocenters. The van der Waals surface area contributed by atoms with Gasteiger partial charge in [-0.3, -0.25) is 19.3 Å². The van der Waals surface area contributed by atoms with Crippen molar-refractivity contribution in [1.29, 1.82) is 0 Å². The summed E-state index contributed by atoms with van der Waals surface area (Å²) in [6.07, 6.45) is 4.19. The van der Waals surface area contributed by atoms with Gasteiger partial charge >= 0.3 is 0 Å². The summed E-state index contributed by atoms with van der Waals surface area (Å²) in [5, 5.41) is 3.07. The Morgan fingerprint density at radius 1 is 1.08 bits per heavy atom. The van der Waals surface area contributed by atoms with Gasteiger partial charge in [-0.2, -0.15) is 0 Å². The van der Waals surface area contributed by atoms with Crippen LogP contribution < -0.4 is 5.32 Å². The molecule has 0 aromatic heterocycles. The van der Waals surface area contributed by atoms with Gasteiger partial charge in [0.05, 0.1) is 5.54 Å². The highest BCUT2D eigenvalue weighted by Crippen LogP contribution is 2.38. The van der Waals surface area contributed by atoms with E-state index in [0.29, 0.717) is 0 Å². The van der Waals surface area contributed by atoms with Crippen molar-refractivity contribution in [3.8, 4) is 0 Å². The normalized spacial score (nSPS) is 19.8. The maximum Gasteiger partial charge on any atom is 0.229 e. The molecule has 1 saturated carbocycles. The smallest absolute Gasteiger partial charge is 0.229 e. The molecule has 1 aromatic carbocycles. The number of nitrogens with one attached hydrogen (secondary N) is 1. The zero-order chi connectivity index (χ0) is 17.2. The molecule has 0 atom stereocenters. The number of rotatable bonds is 5. The first-order chi connectivity index (χ1) is 11.5. The van der Waals surface area contributed by atoms with Crippen molar-refractivity contribution in [3.05, 3.63) is 35.6 Å². The molecule has 3 amide bonds. The summed E-state index contributed by atoms with van der Waals surface area (Å²) < 4.78 is 13.2. The van der Waals surface area contributed by atoms with E-state index in [1.54, 1.807) is 12.1 Å². The average molecular weight is 332 g/mol. The molecule has 6 heteroatoms. The fourth-order valence-electron chi connectivity index (χ4n) is 3.65.